The van der Waals surface area contributed by atoms with Crippen LogP contribution < -0.4 is 5.32 Å². The van der Waals surface area contributed by atoms with Gasteiger partial charge in [-0.05, 0) is 31.8 Å². The fourth-order valence-corrected chi connectivity index (χ4v) is 4.20. The van der Waals surface area contributed by atoms with Crippen LogP contribution in [-0.2, 0) is 4.79 Å². The molecule has 0 radical (unpaired) electrons. The molecule has 0 saturated heterocycles. The van der Waals surface area contributed by atoms with Crippen molar-refractivity contribution in [1.82, 2.24) is 20.1 Å². The Morgan fingerprint density at radius 3 is 2.62 bits per heavy atom. The molecule has 0 spiro atoms. The maximum atomic E-state index is 13.4. The third kappa shape index (κ3) is 3.40. The predicted octanol–water partition coefficient (Wildman–Crippen LogP) is 2.76. The zero-order chi connectivity index (χ0) is 20.5. The summed E-state index contributed by atoms with van der Waals surface area (Å²) in [7, 11) is 5.73. The lowest BCUT2D eigenvalue weighted by Crippen LogP contribution is -2.46. The van der Waals surface area contributed by atoms with E-state index in [0.717, 1.165) is 28.6 Å². The summed E-state index contributed by atoms with van der Waals surface area (Å²) in [6.07, 6.45) is 1.92. The third-order valence-electron chi connectivity index (χ3n) is 5.66. The van der Waals surface area contributed by atoms with Crippen LogP contribution in [0.3, 0.4) is 0 Å². The number of likely N-dealkylation sites (N-methyl/N-ethyl adjacent to an activating group) is 2. The summed E-state index contributed by atoms with van der Waals surface area (Å²) >= 11 is 0. The summed E-state index contributed by atoms with van der Waals surface area (Å²) < 4.78 is 0. The van der Waals surface area contributed by atoms with Gasteiger partial charge in [-0.1, -0.05) is 36.4 Å². The molecule has 6 heteroatoms. The van der Waals surface area contributed by atoms with Gasteiger partial charge >= 0.3 is 0 Å². The van der Waals surface area contributed by atoms with Crippen LogP contribution in [0.4, 0.5) is 0 Å². The lowest BCUT2D eigenvalue weighted by atomic mass is 9.79. The Labute approximate surface area is 170 Å². The second-order valence-corrected chi connectivity index (χ2v) is 7.81. The van der Waals surface area contributed by atoms with E-state index in [0.29, 0.717) is 12.1 Å². The van der Waals surface area contributed by atoms with Crippen molar-refractivity contribution in [2.75, 3.05) is 34.2 Å². The summed E-state index contributed by atoms with van der Waals surface area (Å²) in [6, 6.07) is 15.0. The number of aromatic nitrogens is 1. The van der Waals surface area contributed by atoms with E-state index in [1.807, 2.05) is 67.7 Å². The molecule has 6 nitrogen and oxygen atoms in total. The number of H-pyrrole nitrogens is 1. The number of nitrogens with one attached hydrogen (secondary N) is 2. The maximum absolute atomic E-state index is 13.4. The highest BCUT2D eigenvalue weighted by atomic mass is 16.2. The SMILES string of the molecule is CN(C)CCNC(=O)[C@@H]1c2ccccc2C(=O)N(C)[C@@H]1c1c[nH]c2ccccc12. The Bertz CT molecular complexity index is 1060. The summed E-state index contributed by atoms with van der Waals surface area (Å²) in [6.45, 7) is 1.31. The monoisotopic (exact) mass is 390 g/mol. The van der Waals surface area contributed by atoms with Crippen molar-refractivity contribution in [3.63, 3.8) is 0 Å². The summed E-state index contributed by atoms with van der Waals surface area (Å²) in [5.41, 5.74) is 3.33. The molecule has 0 fully saturated rings. The number of nitrogens with zero attached hydrogens (tertiary/aromatic N) is 2. The molecular formula is C23H26N4O2. The number of para-hydroxylation sites is 1. The first-order chi connectivity index (χ1) is 14.0. The van der Waals surface area contributed by atoms with Crippen LogP contribution in [0.25, 0.3) is 10.9 Å². The Kier molecular flexibility index (Phi) is 5.11. The normalized spacial score (nSPS) is 18.9. The number of carbonyl (C=O) groups is 2. The lowest BCUT2D eigenvalue weighted by Gasteiger charge is -2.39. The van der Waals surface area contributed by atoms with Crippen LogP contribution in [-0.4, -0.2) is 60.8 Å². The first-order valence-electron chi connectivity index (χ1n) is 9.83. The van der Waals surface area contributed by atoms with Gasteiger partial charge in [-0.15, -0.1) is 0 Å². The van der Waals surface area contributed by atoms with Gasteiger partial charge in [0.15, 0.2) is 0 Å². The highest BCUT2D eigenvalue weighted by molar-refractivity contribution is 6.02. The van der Waals surface area contributed by atoms with Crippen molar-refractivity contribution < 1.29 is 9.59 Å². The van der Waals surface area contributed by atoms with E-state index >= 15 is 0 Å². The average Bonchev–Trinajstić information content (AvgIpc) is 3.14. The molecule has 0 bridgehead atoms. The Balaban J connectivity index is 1.80. The molecule has 1 aromatic heterocycles. The molecule has 29 heavy (non-hydrogen) atoms. The van der Waals surface area contributed by atoms with Crippen LogP contribution >= 0.6 is 0 Å². The van der Waals surface area contributed by atoms with E-state index < -0.39 is 5.92 Å². The van der Waals surface area contributed by atoms with Gasteiger partial charge in [0.25, 0.3) is 5.91 Å². The number of rotatable bonds is 5. The lowest BCUT2D eigenvalue weighted by molar-refractivity contribution is -0.124. The number of hydrogen-bond acceptors (Lipinski definition) is 3. The van der Waals surface area contributed by atoms with Gasteiger partial charge in [0.05, 0.1) is 12.0 Å². The molecule has 0 saturated carbocycles. The third-order valence-corrected chi connectivity index (χ3v) is 5.66. The van der Waals surface area contributed by atoms with Gasteiger partial charge in [-0.3, -0.25) is 9.59 Å². The molecule has 2 amide bonds. The van der Waals surface area contributed by atoms with Gasteiger partial charge in [0.2, 0.25) is 5.91 Å². The molecule has 2 heterocycles. The fraction of sp³-hybridized carbons (Fsp3) is 0.304. The summed E-state index contributed by atoms with van der Waals surface area (Å²) in [5.74, 6) is -0.600. The van der Waals surface area contributed by atoms with Gasteiger partial charge in [0.1, 0.15) is 0 Å². The van der Waals surface area contributed by atoms with Crippen LogP contribution in [0.5, 0.6) is 0 Å². The molecule has 0 aliphatic carbocycles. The molecular weight excluding hydrogens is 364 g/mol. The predicted molar refractivity (Wildman–Crippen MR) is 114 cm³/mol. The van der Waals surface area contributed by atoms with Crippen LogP contribution in [0.15, 0.2) is 54.7 Å². The minimum atomic E-state index is -0.477. The van der Waals surface area contributed by atoms with E-state index in [1.54, 1.807) is 18.0 Å². The van der Waals surface area contributed by atoms with Gasteiger partial charge in [-0.2, -0.15) is 0 Å². The molecule has 4 rings (SSSR count). The fourth-order valence-electron chi connectivity index (χ4n) is 4.20. The van der Waals surface area contributed by atoms with Crippen molar-refractivity contribution in [2.24, 2.45) is 0 Å². The Hall–Kier alpha value is -3.12. The van der Waals surface area contributed by atoms with E-state index in [2.05, 4.69) is 10.3 Å². The molecule has 150 valence electrons. The highest BCUT2D eigenvalue weighted by Gasteiger charge is 2.43. The first kappa shape index (κ1) is 19.2. The highest BCUT2D eigenvalue weighted by Crippen LogP contribution is 2.43. The zero-order valence-corrected chi connectivity index (χ0v) is 17.0. The van der Waals surface area contributed by atoms with Crippen LogP contribution in [0, 0.1) is 0 Å². The van der Waals surface area contributed by atoms with Crippen molar-refractivity contribution in [1.29, 1.82) is 0 Å². The number of benzene rings is 2. The average molecular weight is 390 g/mol. The summed E-state index contributed by atoms with van der Waals surface area (Å²) in [5, 5.41) is 4.10. The molecule has 3 aromatic rings. The van der Waals surface area contributed by atoms with E-state index in [-0.39, 0.29) is 17.9 Å². The number of fused-ring (bicyclic) bond motifs is 2. The van der Waals surface area contributed by atoms with E-state index in [1.165, 1.54) is 0 Å². The van der Waals surface area contributed by atoms with Crippen LogP contribution in [0.2, 0.25) is 0 Å². The van der Waals surface area contributed by atoms with Crippen LogP contribution in [0.1, 0.15) is 33.4 Å². The van der Waals surface area contributed by atoms with Gasteiger partial charge < -0.3 is 20.1 Å². The van der Waals surface area contributed by atoms with Crippen molar-refractivity contribution in [2.45, 2.75) is 12.0 Å². The summed E-state index contributed by atoms with van der Waals surface area (Å²) in [4.78, 5) is 33.5. The quantitative estimate of drug-likeness (QED) is 0.704. The zero-order valence-electron chi connectivity index (χ0n) is 17.0. The van der Waals surface area contributed by atoms with E-state index in [4.69, 9.17) is 0 Å². The van der Waals surface area contributed by atoms with Crippen molar-refractivity contribution in [3.05, 3.63) is 71.4 Å². The number of carbonyl (C=O) groups excluding carboxylic acids is 2. The topological polar surface area (TPSA) is 68.4 Å². The molecule has 2 N–H and O–H groups in total. The van der Waals surface area contributed by atoms with E-state index in [9.17, 15) is 9.59 Å². The number of hydrogen-bond donors (Lipinski definition) is 2. The maximum Gasteiger partial charge on any atom is 0.254 e. The molecule has 2 aromatic carbocycles. The molecule has 1 aliphatic rings. The second kappa shape index (κ2) is 7.72. The molecule has 2 atom stereocenters. The van der Waals surface area contributed by atoms with Crippen molar-refractivity contribution in [3.8, 4) is 0 Å². The standard InChI is InChI=1S/C23H26N4O2/c1-26(2)13-12-24-22(28)20-16-9-4-5-10-17(16)23(29)27(3)21(20)18-14-25-19-11-7-6-8-15(18)19/h4-11,14,20-21,25H,12-13H2,1-3H3,(H,24,28)/t20-,21-/m1/s1. The smallest absolute Gasteiger partial charge is 0.254 e. The van der Waals surface area contributed by atoms with Gasteiger partial charge in [-0.25, -0.2) is 0 Å². The second-order valence-electron chi connectivity index (χ2n) is 7.81. The Morgan fingerprint density at radius 2 is 1.83 bits per heavy atom. The largest absolute Gasteiger partial charge is 0.361 e. The minimum absolute atomic E-state index is 0.0612. The van der Waals surface area contributed by atoms with Crippen molar-refractivity contribution >= 4 is 22.7 Å². The number of aromatic amines is 1. The minimum Gasteiger partial charge on any atom is -0.361 e. The number of amides is 2. The van der Waals surface area contributed by atoms with Gasteiger partial charge in [0, 0.05) is 48.4 Å². The molecule has 1 aliphatic heterocycles. The molecule has 0 unspecified atom stereocenters. The Morgan fingerprint density at radius 1 is 1.10 bits per heavy atom. The first-order valence-corrected chi connectivity index (χ1v) is 9.83.